The van der Waals surface area contributed by atoms with E-state index < -0.39 is 17.5 Å². The molecule has 0 spiro atoms. The number of likely N-dealkylation sites (N-methyl/N-ethyl adjacent to an activating group) is 1. The molecule has 0 aliphatic rings. The molecule has 3 aromatic heterocycles. The second kappa shape index (κ2) is 13.0. The number of carbonyl (C=O) groups is 2. The van der Waals surface area contributed by atoms with Crippen molar-refractivity contribution in [1.82, 2.24) is 24.2 Å². The molecule has 0 unspecified atom stereocenters. The molecular formula is C27H31N7O5. The summed E-state index contributed by atoms with van der Waals surface area (Å²) in [5.74, 6) is 0.684. The molecule has 3 N–H and O–H groups in total. The second-order valence-corrected chi connectivity index (χ2v) is 8.30. The first-order chi connectivity index (χ1) is 18.7. The van der Waals surface area contributed by atoms with Gasteiger partial charge in [0, 0.05) is 32.9 Å². The van der Waals surface area contributed by atoms with Gasteiger partial charge in [0.15, 0.2) is 0 Å². The number of hydrogen-bond donors (Lipinski definition) is 3. The number of ether oxygens (including phenoxy) is 1. The lowest BCUT2D eigenvalue weighted by Crippen LogP contribution is -2.33. The van der Waals surface area contributed by atoms with E-state index in [9.17, 15) is 14.4 Å². The van der Waals surface area contributed by atoms with Crippen LogP contribution in [0.2, 0.25) is 0 Å². The maximum absolute atomic E-state index is 13.1. The number of carbonyl (C=O) groups excluding carboxylic acids is 2. The van der Waals surface area contributed by atoms with Gasteiger partial charge in [-0.15, -0.1) is 0 Å². The molecule has 0 aliphatic carbocycles. The summed E-state index contributed by atoms with van der Waals surface area (Å²) in [6.07, 6.45) is 9.68. The smallest absolute Gasteiger partial charge is 0.322 e. The van der Waals surface area contributed by atoms with Crippen LogP contribution in [0.3, 0.4) is 0 Å². The van der Waals surface area contributed by atoms with E-state index in [1.165, 1.54) is 28.0 Å². The first-order valence-corrected chi connectivity index (χ1v) is 12.0. The highest BCUT2D eigenvalue weighted by Gasteiger charge is 2.22. The van der Waals surface area contributed by atoms with Gasteiger partial charge in [-0.3, -0.25) is 19.6 Å². The third kappa shape index (κ3) is 6.87. The van der Waals surface area contributed by atoms with Crippen LogP contribution in [0.25, 0.3) is 5.70 Å². The van der Waals surface area contributed by atoms with Crippen LogP contribution in [0.4, 0.5) is 16.4 Å². The molecule has 0 fully saturated rings. The Morgan fingerprint density at radius 3 is 2.59 bits per heavy atom. The fourth-order valence-electron chi connectivity index (χ4n) is 3.55. The minimum atomic E-state index is -0.586. The topological polar surface area (TPSA) is 144 Å². The standard InChI is InChI=1S/C27H31N7O5/c1-6-8-9-19(7-2)34-26(37)24(18(3)33(34)5)25(36)30-22-11-10-21(17-29-22)39-20-12-13-28-23(16-20)31-27(38)32(4)14-15-35/h6-13,16-17,35H,1,14-15H2,2-5H3,(H,28,31,38)(H,29,30,36)/b9-8-,19-7+. The number of aliphatic hydroxyl groups is 1. The molecule has 3 amide bonds. The van der Waals surface area contributed by atoms with Crippen LogP contribution in [0, 0.1) is 6.92 Å². The number of anilines is 2. The first-order valence-electron chi connectivity index (χ1n) is 12.0. The largest absolute Gasteiger partial charge is 0.456 e. The Morgan fingerprint density at radius 1 is 1.18 bits per heavy atom. The average Bonchev–Trinajstić information content (AvgIpc) is 3.14. The minimum Gasteiger partial charge on any atom is -0.456 e. The Kier molecular flexibility index (Phi) is 9.54. The SMILES string of the molecule is C=C/C=C\C(=C/C)n1c(=O)c(C(=O)Nc2ccc(Oc3ccnc(NC(=O)N(C)CCO)c3)cn2)c(C)n1C. The number of pyridine rings is 2. The normalized spacial score (nSPS) is 11.4. The molecule has 3 heterocycles. The van der Waals surface area contributed by atoms with E-state index in [0.29, 0.717) is 22.9 Å². The van der Waals surface area contributed by atoms with E-state index in [0.717, 1.165) is 0 Å². The van der Waals surface area contributed by atoms with Crippen molar-refractivity contribution >= 4 is 29.3 Å². The summed E-state index contributed by atoms with van der Waals surface area (Å²) >= 11 is 0. The van der Waals surface area contributed by atoms with Crippen LogP contribution in [0.5, 0.6) is 11.5 Å². The third-order valence-electron chi connectivity index (χ3n) is 5.69. The molecule has 0 saturated carbocycles. The number of nitrogens with zero attached hydrogens (tertiary/aromatic N) is 5. The van der Waals surface area contributed by atoms with Gasteiger partial charge in [0.05, 0.1) is 24.2 Å². The first kappa shape index (κ1) is 28.6. The van der Waals surface area contributed by atoms with Crippen LogP contribution in [-0.4, -0.2) is 61.5 Å². The van der Waals surface area contributed by atoms with Crippen molar-refractivity contribution in [2.24, 2.45) is 7.05 Å². The number of amides is 3. The second-order valence-electron chi connectivity index (χ2n) is 8.30. The fourth-order valence-corrected chi connectivity index (χ4v) is 3.55. The molecule has 0 aromatic carbocycles. The maximum atomic E-state index is 13.1. The monoisotopic (exact) mass is 533 g/mol. The van der Waals surface area contributed by atoms with Crippen LogP contribution < -0.4 is 20.9 Å². The van der Waals surface area contributed by atoms with E-state index in [4.69, 9.17) is 9.84 Å². The number of aliphatic hydroxyl groups excluding tert-OH is 1. The summed E-state index contributed by atoms with van der Waals surface area (Å²) in [6.45, 7) is 7.16. The number of hydrogen-bond acceptors (Lipinski definition) is 7. The molecule has 0 aliphatic heterocycles. The van der Waals surface area contributed by atoms with E-state index in [2.05, 4.69) is 27.2 Å². The number of nitrogens with one attached hydrogen (secondary N) is 2. The van der Waals surface area contributed by atoms with Gasteiger partial charge in [0.25, 0.3) is 11.5 Å². The van der Waals surface area contributed by atoms with Gasteiger partial charge in [-0.2, -0.15) is 0 Å². The molecule has 3 aromatic rings. The summed E-state index contributed by atoms with van der Waals surface area (Å²) in [5, 5.41) is 14.2. The zero-order valence-electron chi connectivity index (χ0n) is 22.2. The number of rotatable bonds is 10. The zero-order valence-corrected chi connectivity index (χ0v) is 22.2. The Bertz CT molecular complexity index is 1470. The minimum absolute atomic E-state index is 0.00183. The highest BCUT2D eigenvalue weighted by Crippen LogP contribution is 2.23. The van der Waals surface area contributed by atoms with Crippen molar-refractivity contribution in [2.75, 3.05) is 30.8 Å². The Morgan fingerprint density at radius 2 is 1.95 bits per heavy atom. The summed E-state index contributed by atoms with van der Waals surface area (Å²) in [7, 11) is 3.25. The number of allylic oxidation sites excluding steroid dienone is 5. The van der Waals surface area contributed by atoms with Crippen molar-refractivity contribution in [3.05, 3.63) is 89.2 Å². The molecule has 39 heavy (non-hydrogen) atoms. The van der Waals surface area contributed by atoms with Crippen molar-refractivity contribution in [1.29, 1.82) is 0 Å². The van der Waals surface area contributed by atoms with Gasteiger partial charge in [0.1, 0.15) is 28.7 Å². The zero-order chi connectivity index (χ0) is 28.5. The summed E-state index contributed by atoms with van der Waals surface area (Å²) in [4.78, 5) is 47.9. The molecule has 0 saturated heterocycles. The lowest BCUT2D eigenvalue weighted by Gasteiger charge is -2.16. The summed E-state index contributed by atoms with van der Waals surface area (Å²) in [5.41, 5.74) is 0.631. The maximum Gasteiger partial charge on any atom is 0.322 e. The summed E-state index contributed by atoms with van der Waals surface area (Å²) in [6, 6.07) is 5.86. The Balaban J connectivity index is 1.72. The average molecular weight is 534 g/mol. The number of urea groups is 1. The van der Waals surface area contributed by atoms with E-state index in [-0.39, 0.29) is 30.4 Å². The highest BCUT2D eigenvalue weighted by molar-refractivity contribution is 6.04. The van der Waals surface area contributed by atoms with Gasteiger partial charge in [-0.25, -0.2) is 19.4 Å². The van der Waals surface area contributed by atoms with Crippen molar-refractivity contribution < 1.29 is 19.4 Å². The van der Waals surface area contributed by atoms with Crippen molar-refractivity contribution in [3.8, 4) is 11.5 Å². The van der Waals surface area contributed by atoms with E-state index >= 15 is 0 Å². The molecule has 0 radical (unpaired) electrons. The van der Waals surface area contributed by atoms with E-state index in [1.54, 1.807) is 75.1 Å². The third-order valence-corrected chi connectivity index (χ3v) is 5.69. The number of aromatic nitrogens is 4. The van der Waals surface area contributed by atoms with Gasteiger partial charge >= 0.3 is 6.03 Å². The van der Waals surface area contributed by atoms with Gasteiger partial charge in [0.2, 0.25) is 0 Å². The predicted octanol–water partition coefficient (Wildman–Crippen LogP) is 3.39. The van der Waals surface area contributed by atoms with Crippen LogP contribution in [0.1, 0.15) is 23.0 Å². The summed E-state index contributed by atoms with van der Waals surface area (Å²) < 4.78 is 8.80. The fraction of sp³-hybridized carbons (Fsp3) is 0.222. The van der Waals surface area contributed by atoms with Crippen molar-refractivity contribution in [2.45, 2.75) is 13.8 Å². The Labute approximate surface area is 225 Å². The quantitative estimate of drug-likeness (QED) is 0.339. The molecule has 0 bridgehead atoms. The van der Waals surface area contributed by atoms with Crippen LogP contribution in [0.15, 0.2) is 72.3 Å². The van der Waals surface area contributed by atoms with Crippen molar-refractivity contribution in [3.63, 3.8) is 0 Å². The highest BCUT2D eigenvalue weighted by atomic mass is 16.5. The van der Waals surface area contributed by atoms with Gasteiger partial charge < -0.3 is 20.1 Å². The molecule has 3 rings (SSSR count). The molecule has 0 atom stereocenters. The molecule has 12 nitrogen and oxygen atoms in total. The predicted molar refractivity (Wildman–Crippen MR) is 149 cm³/mol. The lowest BCUT2D eigenvalue weighted by atomic mass is 10.2. The Hall–Kier alpha value is -4.97. The van der Waals surface area contributed by atoms with Gasteiger partial charge in [-0.1, -0.05) is 24.8 Å². The molecule has 12 heteroatoms. The molecule has 204 valence electrons. The van der Waals surface area contributed by atoms with Gasteiger partial charge in [-0.05, 0) is 38.1 Å². The van der Waals surface area contributed by atoms with E-state index in [1.807, 2.05) is 0 Å². The molecular weight excluding hydrogens is 502 g/mol. The lowest BCUT2D eigenvalue weighted by molar-refractivity contribution is 0.102. The van der Waals surface area contributed by atoms with Crippen LogP contribution in [-0.2, 0) is 7.05 Å². The van der Waals surface area contributed by atoms with Crippen LogP contribution >= 0.6 is 0 Å².